The zero-order valence-corrected chi connectivity index (χ0v) is 9.98. The molecule has 2 N–H and O–H groups in total. The molecule has 1 aliphatic heterocycles. The average Bonchev–Trinajstić information content (AvgIpc) is 2.82. The molecule has 0 atom stereocenters. The van der Waals surface area contributed by atoms with Gasteiger partial charge in [-0.15, -0.1) is 0 Å². The van der Waals surface area contributed by atoms with E-state index in [9.17, 15) is 4.79 Å². The minimum absolute atomic E-state index is 0.410. The molecule has 1 fully saturated rings. The van der Waals surface area contributed by atoms with Crippen LogP contribution in [0, 0.1) is 0 Å². The quantitative estimate of drug-likeness (QED) is 0.703. The molecule has 0 amide bonds. The zero-order valence-electron chi connectivity index (χ0n) is 9.98. The molecular formula is C11H19N5O. The summed E-state index contributed by atoms with van der Waals surface area (Å²) in [5.41, 5.74) is -0.410. The van der Waals surface area contributed by atoms with Gasteiger partial charge in [0.1, 0.15) is 0 Å². The van der Waals surface area contributed by atoms with Crippen LogP contribution in [0.1, 0.15) is 25.7 Å². The van der Waals surface area contributed by atoms with Gasteiger partial charge in [0.2, 0.25) is 0 Å². The van der Waals surface area contributed by atoms with Crippen molar-refractivity contribution in [3.8, 4) is 0 Å². The van der Waals surface area contributed by atoms with Gasteiger partial charge >= 0.3 is 5.69 Å². The van der Waals surface area contributed by atoms with E-state index in [1.165, 1.54) is 45.1 Å². The summed E-state index contributed by atoms with van der Waals surface area (Å²) < 4.78 is 0. The van der Waals surface area contributed by atoms with Crippen LogP contribution in [0.4, 0.5) is 5.82 Å². The van der Waals surface area contributed by atoms with Gasteiger partial charge in [0, 0.05) is 6.54 Å². The Labute approximate surface area is 100 Å². The van der Waals surface area contributed by atoms with Gasteiger partial charge in [-0.1, -0.05) is 0 Å². The van der Waals surface area contributed by atoms with Crippen molar-refractivity contribution in [2.24, 2.45) is 0 Å². The number of H-pyrrole nitrogens is 1. The van der Waals surface area contributed by atoms with Crippen LogP contribution in [0.25, 0.3) is 0 Å². The summed E-state index contributed by atoms with van der Waals surface area (Å²) in [7, 11) is 0. The molecule has 0 aromatic carbocycles. The summed E-state index contributed by atoms with van der Waals surface area (Å²) in [6, 6.07) is 0. The molecule has 2 rings (SSSR count). The molecule has 6 nitrogen and oxygen atoms in total. The first-order valence-electron chi connectivity index (χ1n) is 6.22. The summed E-state index contributed by atoms with van der Waals surface area (Å²) >= 11 is 0. The molecule has 0 unspecified atom stereocenters. The SMILES string of the molecule is O=c1nc(NCCCCN2CCCC2)cn[nH]1. The fourth-order valence-corrected chi connectivity index (χ4v) is 2.08. The maximum absolute atomic E-state index is 10.9. The first kappa shape index (κ1) is 12.0. The standard InChI is InChI=1S/C11H19N5O/c17-11-14-10(9-13-15-11)12-5-1-2-6-16-7-3-4-8-16/h9H,1-8H2,(H2,12,14,15,17). The predicted molar refractivity (Wildman–Crippen MR) is 66.1 cm³/mol. The van der Waals surface area contributed by atoms with Crippen molar-refractivity contribution in [1.29, 1.82) is 0 Å². The Morgan fingerprint density at radius 1 is 1.35 bits per heavy atom. The number of aromatic nitrogens is 3. The molecular weight excluding hydrogens is 218 g/mol. The van der Waals surface area contributed by atoms with E-state index >= 15 is 0 Å². The number of aromatic amines is 1. The Hall–Kier alpha value is -1.43. The predicted octanol–water partition coefficient (Wildman–Crippen LogP) is 0.453. The number of unbranched alkanes of at least 4 members (excludes halogenated alkanes) is 1. The largest absolute Gasteiger partial charge is 0.369 e. The third-order valence-corrected chi connectivity index (χ3v) is 2.97. The lowest BCUT2D eigenvalue weighted by molar-refractivity contribution is 0.331. The topological polar surface area (TPSA) is 73.9 Å². The van der Waals surface area contributed by atoms with Gasteiger partial charge in [-0.2, -0.15) is 10.1 Å². The molecule has 0 saturated carbocycles. The van der Waals surface area contributed by atoms with E-state index in [1.807, 2.05) is 0 Å². The number of hydrogen-bond acceptors (Lipinski definition) is 5. The highest BCUT2D eigenvalue weighted by atomic mass is 16.1. The van der Waals surface area contributed by atoms with Crippen LogP contribution in [0.3, 0.4) is 0 Å². The van der Waals surface area contributed by atoms with Crippen LogP contribution in [0.2, 0.25) is 0 Å². The Morgan fingerprint density at radius 3 is 2.94 bits per heavy atom. The molecule has 0 aliphatic carbocycles. The monoisotopic (exact) mass is 237 g/mol. The molecule has 2 heterocycles. The Bertz CT molecular complexity index is 385. The first-order valence-corrected chi connectivity index (χ1v) is 6.22. The number of likely N-dealkylation sites (tertiary alicyclic amines) is 1. The van der Waals surface area contributed by atoms with E-state index < -0.39 is 5.69 Å². The zero-order chi connectivity index (χ0) is 11.9. The second kappa shape index (κ2) is 6.34. The van der Waals surface area contributed by atoms with Crippen molar-refractivity contribution in [1.82, 2.24) is 20.1 Å². The molecule has 1 aromatic rings. The molecule has 0 spiro atoms. The maximum atomic E-state index is 10.9. The van der Waals surface area contributed by atoms with Gasteiger partial charge in [-0.05, 0) is 45.3 Å². The van der Waals surface area contributed by atoms with Crippen LogP contribution >= 0.6 is 0 Å². The summed E-state index contributed by atoms with van der Waals surface area (Å²) in [6.07, 6.45) is 6.50. The summed E-state index contributed by atoms with van der Waals surface area (Å²) in [5.74, 6) is 0.551. The van der Waals surface area contributed by atoms with Gasteiger partial charge < -0.3 is 10.2 Å². The Kier molecular flexibility index (Phi) is 4.49. The third kappa shape index (κ3) is 4.14. The first-order chi connectivity index (χ1) is 8.34. The summed E-state index contributed by atoms with van der Waals surface area (Å²) in [5, 5.41) is 9.02. The smallest absolute Gasteiger partial charge is 0.363 e. The second-order valence-electron chi connectivity index (χ2n) is 4.35. The number of anilines is 1. The highest BCUT2D eigenvalue weighted by Gasteiger charge is 2.09. The fourth-order valence-electron chi connectivity index (χ4n) is 2.08. The molecule has 0 bridgehead atoms. The van der Waals surface area contributed by atoms with Crippen molar-refractivity contribution >= 4 is 5.82 Å². The number of rotatable bonds is 6. The van der Waals surface area contributed by atoms with E-state index in [1.54, 1.807) is 0 Å². The van der Waals surface area contributed by atoms with Crippen LogP contribution in [0.15, 0.2) is 11.0 Å². The van der Waals surface area contributed by atoms with Crippen molar-refractivity contribution in [2.75, 3.05) is 31.5 Å². The van der Waals surface area contributed by atoms with Crippen molar-refractivity contribution < 1.29 is 0 Å². The number of nitrogens with one attached hydrogen (secondary N) is 2. The van der Waals surface area contributed by atoms with Crippen LogP contribution in [-0.2, 0) is 0 Å². The van der Waals surface area contributed by atoms with Gasteiger partial charge in [0.05, 0.1) is 6.20 Å². The molecule has 6 heteroatoms. The van der Waals surface area contributed by atoms with Crippen molar-refractivity contribution in [2.45, 2.75) is 25.7 Å². The number of hydrogen-bond donors (Lipinski definition) is 2. The minimum Gasteiger partial charge on any atom is -0.369 e. The van der Waals surface area contributed by atoms with Crippen molar-refractivity contribution in [3.63, 3.8) is 0 Å². The van der Waals surface area contributed by atoms with Gasteiger partial charge in [0.15, 0.2) is 5.82 Å². The van der Waals surface area contributed by atoms with E-state index in [4.69, 9.17) is 0 Å². The Balaban J connectivity index is 1.58. The maximum Gasteiger partial charge on any atom is 0.363 e. The van der Waals surface area contributed by atoms with Gasteiger partial charge in [-0.3, -0.25) is 0 Å². The molecule has 17 heavy (non-hydrogen) atoms. The van der Waals surface area contributed by atoms with Crippen LogP contribution < -0.4 is 11.0 Å². The molecule has 1 aromatic heterocycles. The van der Waals surface area contributed by atoms with E-state index in [-0.39, 0.29) is 0 Å². The fraction of sp³-hybridized carbons (Fsp3) is 0.727. The normalized spacial score (nSPS) is 16.2. The lowest BCUT2D eigenvalue weighted by Crippen LogP contribution is -2.21. The summed E-state index contributed by atoms with van der Waals surface area (Å²) in [6.45, 7) is 4.54. The third-order valence-electron chi connectivity index (χ3n) is 2.97. The van der Waals surface area contributed by atoms with Crippen molar-refractivity contribution in [3.05, 3.63) is 16.7 Å². The van der Waals surface area contributed by atoms with E-state index in [2.05, 4.69) is 25.4 Å². The Morgan fingerprint density at radius 2 is 2.18 bits per heavy atom. The lowest BCUT2D eigenvalue weighted by atomic mass is 10.3. The number of nitrogens with zero attached hydrogens (tertiary/aromatic N) is 3. The molecule has 1 aliphatic rings. The highest BCUT2D eigenvalue weighted by molar-refractivity contribution is 5.28. The van der Waals surface area contributed by atoms with E-state index in [0.717, 1.165) is 13.0 Å². The molecule has 94 valence electrons. The van der Waals surface area contributed by atoms with E-state index in [0.29, 0.717) is 5.82 Å². The lowest BCUT2D eigenvalue weighted by Gasteiger charge is -2.13. The molecule has 1 saturated heterocycles. The van der Waals surface area contributed by atoms with Crippen LogP contribution in [-0.4, -0.2) is 46.3 Å². The summed E-state index contributed by atoms with van der Waals surface area (Å²) in [4.78, 5) is 17.1. The molecule has 0 radical (unpaired) electrons. The highest BCUT2D eigenvalue weighted by Crippen LogP contribution is 2.08. The second-order valence-corrected chi connectivity index (χ2v) is 4.35. The average molecular weight is 237 g/mol. The van der Waals surface area contributed by atoms with Crippen LogP contribution in [0.5, 0.6) is 0 Å². The van der Waals surface area contributed by atoms with Gasteiger partial charge in [0.25, 0.3) is 0 Å². The van der Waals surface area contributed by atoms with Gasteiger partial charge in [-0.25, -0.2) is 9.89 Å². The minimum atomic E-state index is -0.410.